The molecular formula is C28H36N6. The van der Waals surface area contributed by atoms with E-state index in [1.807, 2.05) is 12.4 Å². The molecule has 6 nitrogen and oxygen atoms in total. The monoisotopic (exact) mass is 456 g/mol. The fraction of sp³-hybridized carbons (Fsp3) is 0.357. The van der Waals surface area contributed by atoms with E-state index in [9.17, 15) is 0 Å². The maximum atomic E-state index is 4.54. The minimum Gasteiger partial charge on any atom is -0.384 e. The molecule has 2 aromatic carbocycles. The first-order valence-electron chi connectivity index (χ1n) is 12.1. The molecule has 2 aromatic heterocycles. The molecule has 2 heterocycles. The molecule has 6 heteroatoms. The van der Waals surface area contributed by atoms with Gasteiger partial charge in [0.15, 0.2) is 0 Å². The van der Waals surface area contributed by atoms with Gasteiger partial charge < -0.3 is 20.4 Å². The molecule has 0 aliphatic carbocycles. The number of anilines is 4. The lowest BCUT2D eigenvalue weighted by atomic mass is 10.1. The van der Waals surface area contributed by atoms with Gasteiger partial charge in [-0.3, -0.25) is 9.97 Å². The van der Waals surface area contributed by atoms with E-state index < -0.39 is 0 Å². The van der Waals surface area contributed by atoms with Crippen LogP contribution in [-0.4, -0.2) is 51.2 Å². The van der Waals surface area contributed by atoms with Crippen molar-refractivity contribution in [3.05, 3.63) is 60.9 Å². The van der Waals surface area contributed by atoms with E-state index in [4.69, 9.17) is 0 Å². The van der Waals surface area contributed by atoms with E-state index in [0.29, 0.717) is 0 Å². The lowest BCUT2D eigenvalue weighted by Gasteiger charge is -2.15. The summed E-state index contributed by atoms with van der Waals surface area (Å²) in [5.74, 6) is 0. The van der Waals surface area contributed by atoms with Gasteiger partial charge in [-0.05, 0) is 61.4 Å². The smallest absolute Gasteiger partial charge is 0.0743 e. The van der Waals surface area contributed by atoms with Crippen molar-refractivity contribution < 1.29 is 0 Å². The highest BCUT2D eigenvalue weighted by atomic mass is 15.1. The molecule has 0 aliphatic rings. The zero-order chi connectivity index (χ0) is 23.9. The Morgan fingerprint density at radius 3 is 1.44 bits per heavy atom. The molecule has 4 rings (SSSR count). The van der Waals surface area contributed by atoms with Crippen LogP contribution in [0, 0.1) is 0 Å². The summed E-state index contributed by atoms with van der Waals surface area (Å²) >= 11 is 0. The quantitative estimate of drug-likeness (QED) is 0.270. The Kier molecular flexibility index (Phi) is 7.68. The Labute approximate surface area is 203 Å². The van der Waals surface area contributed by atoms with Crippen LogP contribution in [0.4, 0.5) is 22.7 Å². The molecule has 0 unspecified atom stereocenters. The molecule has 0 bridgehead atoms. The minimum absolute atomic E-state index is 0.977. The van der Waals surface area contributed by atoms with Crippen molar-refractivity contribution in [2.75, 3.05) is 61.7 Å². The summed E-state index contributed by atoms with van der Waals surface area (Å²) in [4.78, 5) is 13.3. The van der Waals surface area contributed by atoms with E-state index >= 15 is 0 Å². The topological polar surface area (TPSA) is 56.3 Å². The Morgan fingerprint density at radius 2 is 1.03 bits per heavy atom. The molecule has 0 fully saturated rings. The Bertz CT molecular complexity index is 1140. The number of unbranched alkanes of at least 4 members (excludes halogenated alkanes) is 3. The first-order valence-corrected chi connectivity index (χ1v) is 12.1. The van der Waals surface area contributed by atoms with Crippen molar-refractivity contribution in [3.63, 3.8) is 0 Å². The van der Waals surface area contributed by atoms with E-state index in [1.54, 1.807) is 0 Å². The van der Waals surface area contributed by atoms with Crippen LogP contribution in [0.3, 0.4) is 0 Å². The lowest BCUT2D eigenvalue weighted by molar-refractivity contribution is 0.671. The highest BCUT2D eigenvalue weighted by molar-refractivity contribution is 5.93. The summed E-state index contributed by atoms with van der Waals surface area (Å²) in [5.41, 5.74) is 6.73. The minimum atomic E-state index is 0.977. The van der Waals surface area contributed by atoms with E-state index in [1.165, 1.54) is 46.4 Å². The number of rotatable bonds is 11. The average Bonchev–Trinajstić information content (AvgIpc) is 2.84. The Hall–Kier alpha value is -3.54. The standard InChI is InChI=1S/C28H36N6/c1-33(2)21-9-11-23-25(13-17-31-27(23)19-21)29-15-7-5-6-8-16-30-26-14-18-32-28-20-22(34(3)4)10-12-24(26)28/h9-14,17-20H,5-8,15-16H2,1-4H3,(H,29,31)(H,30,32). The number of fused-ring (bicyclic) bond motifs is 2. The number of hydrogen-bond donors (Lipinski definition) is 2. The molecule has 0 spiro atoms. The average molecular weight is 457 g/mol. The van der Waals surface area contributed by atoms with Gasteiger partial charge in [-0.2, -0.15) is 0 Å². The second kappa shape index (κ2) is 11.1. The molecule has 178 valence electrons. The number of nitrogens with one attached hydrogen (secondary N) is 2. The van der Waals surface area contributed by atoms with Crippen molar-refractivity contribution in [2.45, 2.75) is 25.7 Å². The van der Waals surface area contributed by atoms with Gasteiger partial charge in [-0.1, -0.05) is 12.8 Å². The van der Waals surface area contributed by atoms with Crippen LogP contribution in [0.15, 0.2) is 60.9 Å². The normalized spacial score (nSPS) is 11.1. The highest BCUT2D eigenvalue weighted by Crippen LogP contribution is 2.26. The second-order valence-electron chi connectivity index (χ2n) is 9.18. The molecule has 0 saturated heterocycles. The van der Waals surface area contributed by atoms with Crippen molar-refractivity contribution in [3.8, 4) is 0 Å². The van der Waals surface area contributed by atoms with Gasteiger partial charge in [0.25, 0.3) is 0 Å². The van der Waals surface area contributed by atoms with Crippen molar-refractivity contribution in [1.82, 2.24) is 9.97 Å². The van der Waals surface area contributed by atoms with Gasteiger partial charge in [0.1, 0.15) is 0 Å². The predicted octanol–water partition coefficient (Wildman–Crippen LogP) is 6.00. The maximum absolute atomic E-state index is 4.54. The number of pyridine rings is 2. The molecule has 4 aromatic rings. The van der Waals surface area contributed by atoms with Gasteiger partial charge in [-0.25, -0.2) is 0 Å². The lowest BCUT2D eigenvalue weighted by Crippen LogP contribution is -2.08. The fourth-order valence-corrected chi connectivity index (χ4v) is 4.19. The van der Waals surface area contributed by atoms with Crippen LogP contribution in [0.25, 0.3) is 21.8 Å². The number of benzene rings is 2. The summed E-state index contributed by atoms with van der Waals surface area (Å²) in [5, 5.41) is 9.57. The van der Waals surface area contributed by atoms with Gasteiger partial charge >= 0.3 is 0 Å². The zero-order valence-electron chi connectivity index (χ0n) is 20.8. The number of nitrogens with zero attached hydrogens (tertiary/aromatic N) is 4. The maximum Gasteiger partial charge on any atom is 0.0743 e. The van der Waals surface area contributed by atoms with E-state index in [0.717, 1.165) is 37.0 Å². The second-order valence-corrected chi connectivity index (χ2v) is 9.18. The summed E-state index contributed by atoms with van der Waals surface area (Å²) in [6.45, 7) is 1.95. The van der Waals surface area contributed by atoms with Gasteiger partial charge in [0, 0.05) is 87.2 Å². The molecule has 0 aliphatic heterocycles. The SMILES string of the molecule is CN(C)c1ccc2c(NCCCCCCNc3ccnc4cc(N(C)C)ccc34)ccnc2c1. The predicted molar refractivity (Wildman–Crippen MR) is 148 cm³/mol. The molecule has 34 heavy (non-hydrogen) atoms. The number of aromatic nitrogens is 2. The van der Waals surface area contributed by atoms with Gasteiger partial charge in [0.05, 0.1) is 11.0 Å². The van der Waals surface area contributed by atoms with Crippen LogP contribution in [-0.2, 0) is 0 Å². The third-order valence-electron chi connectivity index (χ3n) is 6.22. The van der Waals surface area contributed by atoms with E-state index in [-0.39, 0.29) is 0 Å². The molecular weight excluding hydrogens is 420 g/mol. The van der Waals surface area contributed by atoms with Crippen LogP contribution < -0.4 is 20.4 Å². The number of hydrogen-bond acceptors (Lipinski definition) is 6. The fourth-order valence-electron chi connectivity index (χ4n) is 4.19. The summed E-state index contributed by atoms with van der Waals surface area (Å²) in [6, 6.07) is 17.0. The third kappa shape index (κ3) is 5.68. The Morgan fingerprint density at radius 1 is 0.588 bits per heavy atom. The van der Waals surface area contributed by atoms with E-state index in [2.05, 4.69) is 107 Å². The van der Waals surface area contributed by atoms with Crippen LogP contribution in [0.2, 0.25) is 0 Å². The molecule has 0 saturated carbocycles. The van der Waals surface area contributed by atoms with Crippen molar-refractivity contribution in [1.29, 1.82) is 0 Å². The van der Waals surface area contributed by atoms with Crippen LogP contribution >= 0.6 is 0 Å². The van der Waals surface area contributed by atoms with Gasteiger partial charge in [0.2, 0.25) is 0 Å². The summed E-state index contributed by atoms with van der Waals surface area (Å²) in [6.07, 6.45) is 8.52. The van der Waals surface area contributed by atoms with Crippen molar-refractivity contribution in [2.24, 2.45) is 0 Å². The first kappa shape index (κ1) is 23.6. The molecule has 0 atom stereocenters. The molecule has 0 radical (unpaired) electrons. The van der Waals surface area contributed by atoms with Gasteiger partial charge in [-0.15, -0.1) is 0 Å². The summed E-state index contributed by atoms with van der Waals surface area (Å²) < 4.78 is 0. The largest absolute Gasteiger partial charge is 0.384 e. The van der Waals surface area contributed by atoms with Crippen LogP contribution in [0.1, 0.15) is 25.7 Å². The van der Waals surface area contributed by atoms with Crippen molar-refractivity contribution >= 4 is 44.6 Å². The molecule has 2 N–H and O–H groups in total. The highest BCUT2D eigenvalue weighted by Gasteiger charge is 2.05. The first-order chi connectivity index (χ1) is 16.5. The molecule has 0 amide bonds. The third-order valence-corrected chi connectivity index (χ3v) is 6.22. The summed E-state index contributed by atoms with van der Waals surface area (Å²) in [7, 11) is 8.22. The Balaban J connectivity index is 1.20. The van der Waals surface area contributed by atoms with Crippen LogP contribution in [0.5, 0.6) is 0 Å². The zero-order valence-corrected chi connectivity index (χ0v) is 20.8.